The second kappa shape index (κ2) is 5.41. The number of rotatable bonds is 1. The van der Waals surface area contributed by atoms with Gasteiger partial charge in [-0.3, -0.25) is 0 Å². The maximum Gasteiger partial charge on any atom is 0.322 e. The van der Waals surface area contributed by atoms with Gasteiger partial charge in [-0.2, -0.15) is 0 Å². The lowest BCUT2D eigenvalue weighted by Gasteiger charge is -2.34. The van der Waals surface area contributed by atoms with E-state index in [4.69, 9.17) is 11.6 Å². The van der Waals surface area contributed by atoms with Gasteiger partial charge in [0.25, 0.3) is 0 Å². The molecule has 0 saturated carbocycles. The third-order valence-electron chi connectivity index (χ3n) is 3.77. The van der Waals surface area contributed by atoms with Crippen molar-refractivity contribution in [2.24, 2.45) is 0 Å². The number of carbonyl (C=O) groups excluding carboxylic acids is 1. The summed E-state index contributed by atoms with van der Waals surface area (Å²) in [5.74, 6) is -0.501. The Morgan fingerprint density at radius 2 is 2.19 bits per heavy atom. The summed E-state index contributed by atoms with van der Waals surface area (Å²) in [6.45, 7) is 3.39. The van der Waals surface area contributed by atoms with E-state index in [9.17, 15) is 9.18 Å². The molecule has 6 heteroatoms. The largest absolute Gasteiger partial charge is 0.348 e. The molecule has 0 spiro atoms. The molecule has 1 atom stereocenters. The zero-order chi connectivity index (χ0) is 15.0. The quantitative estimate of drug-likeness (QED) is 0.852. The van der Waals surface area contributed by atoms with Crippen LogP contribution in [-0.2, 0) is 6.54 Å². The molecule has 21 heavy (non-hydrogen) atoms. The van der Waals surface area contributed by atoms with Crippen molar-refractivity contribution in [1.82, 2.24) is 9.47 Å². The van der Waals surface area contributed by atoms with Gasteiger partial charge in [0.15, 0.2) is 0 Å². The zero-order valence-electron chi connectivity index (χ0n) is 11.5. The van der Waals surface area contributed by atoms with Crippen LogP contribution in [0.25, 0.3) is 0 Å². The fraction of sp³-hybridized carbons (Fsp3) is 0.267. The predicted octanol–water partition coefficient (Wildman–Crippen LogP) is 3.89. The third-order valence-corrected chi connectivity index (χ3v) is 4.06. The van der Waals surface area contributed by atoms with Gasteiger partial charge in [-0.25, -0.2) is 9.18 Å². The summed E-state index contributed by atoms with van der Waals surface area (Å²) < 4.78 is 15.3. The monoisotopic (exact) mass is 307 g/mol. The molecule has 4 nitrogen and oxygen atoms in total. The van der Waals surface area contributed by atoms with Gasteiger partial charge in [0.1, 0.15) is 5.82 Å². The zero-order valence-corrected chi connectivity index (χ0v) is 12.3. The molecular formula is C15H15ClFN3O. The summed E-state index contributed by atoms with van der Waals surface area (Å²) in [7, 11) is 0. The summed E-state index contributed by atoms with van der Waals surface area (Å²) >= 11 is 5.72. The standard InChI is InChI=1S/C15H15ClFN3O/c1-10-14-3-2-6-19(14)7-8-20(10)15(21)18-11-4-5-13(17)12(16)9-11/h2-6,9-10H,7-8H2,1H3,(H,18,21)/t10-/m0/s1. The summed E-state index contributed by atoms with van der Waals surface area (Å²) in [6, 6.07) is 7.92. The molecule has 2 heterocycles. The van der Waals surface area contributed by atoms with Crippen molar-refractivity contribution in [3.8, 4) is 0 Å². The molecule has 3 rings (SSSR count). The minimum Gasteiger partial charge on any atom is -0.348 e. The van der Waals surface area contributed by atoms with Crippen molar-refractivity contribution >= 4 is 23.3 Å². The summed E-state index contributed by atoms with van der Waals surface area (Å²) in [5.41, 5.74) is 1.59. The van der Waals surface area contributed by atoms with Crippen LogP contribution in [0.15, 0.2) is 36.5 Å². The lowest BCUT2D eigenvalue weighted by molar-refractivity contribution is 0.175. The number of benzene rings is 1. The topological polar surface area (TPSA) is 37.3 Å². The van der Waals surface area contributed by atoms with Crippen LogP contribution in [0.1, 0.15) is 18.7 Å². The number of amides is 2. The Labute approximate surface area is 127 Å². The molecule has 0 bridgehead atoms. The van der Waals surface area contributed by atoms with Crippen LogP contribution in [0.3, 0.4) is 0 Å². The average Bonchev–Trinajstić information content (AvgIpc) is 2.92. The fourth-order valence-corrected chi connectivity index (χ4v) is 2.81. The second-order valence-corrected chi connectivity index (χ2v) is 5.46. The Morgan fingerprint density at radius 1 is 1.38 bits per heavy atom. The van der Waals surface area contributed by atoms with Crippen LogP contribution < -0.4 is 5.32 Å². The maximum absolute atomic E-state index is 13.1. The molecule has 1 aliphatic heterocycles. The van der Waals surface area contributed by atoms with Gasteiger partial charge in [0, 0.05) is 30.7 Å². The van der Waals surface area contributed by atoms with Crippen molar-refractivity contribution in [2.45, 2.75) is 19.5 Å². The lowest BCUT2D eigenvalue weighted by atomic mass is 10.1. The molecule has 1 aromatic heterocycles. The Balaban J connectivity index is 1.75. The molecule has 2 aromatic rings. The highest BCUT2D eigenvalue weighted by Gasteiger charge is 2.27. The molecule has 0 aliphatic carbocycles. The first-order valence-corrected chi connectivity index (χ1v) is 7.12. The van der Waals surface area contributed by atoms with Crippen LogP contribution in [0.2, 0.25) is 5.02 Å². The number of fused-ring (bicyclic) bond motifs is 1. The highest BCUT2D eigenvalue weighted by Crippen LogP contribution is 2.26. The molecule has 1 N–H and O–H groups in total. The first-order valence-electron chi connectivity index (χ1n) is 6.74. The summed E-state index contributed by atoms with van der Waals surface area (Å²) in [5, 5.41) is 2.75. The summed E-state index contributed by atoms with van der Waals surface area (Å²) in [4.78, 5) is 14.1. The van der Waals surface area contributed by atoms with Crippen molar-refractivity contribution in [1.29, 1.82) is 0 Å². The van der Waals surface area contributed by atoms with Crippen LogP contribution in [0.5, 0.6) is 0 Å². The molecule has 1 aliphatic rings. The normalized spacial score (nSPS) is 17.5. The lowest BCUT2D eigenvalue weighted by Crippen LogP contribution is -2.43. The van der Waals surface area contributed by atoms with Gasteiger partial charge in [-0.1, -0.05) is 11.6 Å². The smallest absolute Gasteiger partial charge is 0.322 e. The number of nitrogens with one attached hydrogen (secondary N) is 1. The first kappa shape index (κ1) is 13.9. The number of hydrogen-bond acceptors (Lipinski definition) is 1. The number of halogens is 2. The second-order valence-electron chi connectivity index (χ2n) is 5.05. The Morgan fingerprint density at radius 3 is 2.95 bits per heavy atom. The Kier molecular flexibility index (Phi) is 3.59. The molecule has 1 aromatic carbocycles. The molecule has 0 saturated heterocycles. The van der Waals surface area contributed by atoms with E-state index in [0.29, 0.717) is 12.2 Å². The number of aromatic nitrogens is 1. The Hall–Kier alpha value is -2.01. The van der Waals surface area contributed by atoms with Crippen molar-refractivity contribution in [3.05, 3.63) is 53.1 Å². The number of anilines is 1. The number of nitrogens with zero attached hydrogens (tertiary/aromatic N) is 2. The maximum atomic E-state index is 13.1. The van der Waals surface area contributed by atoms with E-state index < -0.39 is 5.82 Å². The fourth-order valence-electron chi connectivity index (χ4n) is 2.63. The molecule has 0 unspecified atom stereocenters. The van der Waals surface area contributed by atoms with Crippen LogP contribution in [0.4, 0.5) is 14.9 Å². The molecule has 110 valence electrons. The van der Waals surface area contributed by atoms with Gasteiger partial charge < -0.3 is 14.8 Å². The average molecular weight is 308 g/mol. The minimum atomic E-state index is -0.501. The van der Waals surface area contributed by atoms with Crippen molar-refractivity contribution in [2.75, 3.05) is 11.9 Å². The molecule has 0 radical (unpaired) electrons. The van der Waals surface area contributed by atoms with Crippen LogP contribution in [-0.4, -0.2) is 22.0 Å². The van der Waals surface area contributed by atoms with Gasteiger partial charge in [-0.15, -0.1) is 0 Å². The van der Waals surface area contributed by atoms with Crippen LogP contribution in [0, 0.1) is 5.82 Å². The number of carbonyl (C=O) groups is 1. The highest BCUT2D eigenvalue weighted by molar-refractivity contribution is 6.31. The van der Waals surface area contributed by atoms with Gasteiger partial charge in [-0.05, 0) is 37.3 Å². The highest BCUT2D eigenvalue weighted by atomic mass is 35.5. The Bertz CT molecular complexity index is 685. The van der Waals surface area contributed by atoms with Crippen molar-refractivity contribution < 1.29 is 9.18 Å². The van der Waals surface area contributed by atoms with Gasteiger partial charge in [0.2, 0.25) is 0 Å². The first-order chi connectivity index (χ1) is 10.1. The number of hydrogen-bond donors (Lipinski definition) is 1. The predicted molar refractivity (Wildman–Crippen MR) is 80.0 cm³/mol. The van der Waals surface area contributed by atoms with E-state index >= 15 is 0 Å². The van der Waals surface area contributed by atoms with E-state index in [2.05, 4.69) is 9.88 Å². The van der Waals surface area contributed by atoms with Crippen molar-refractivity contribution in [3.63, 3.8) is 0 Å². The van der Waals surface area contributed by atoms with E-state index in [1.54, 1.807) is 4.90 Å². The summed E-state index contributed by atoms with van der Waals surface area (Å²) in [6.07, 6.45) is 2.01. The third kappa shape index (κ3) is 2.61. The van der Waals surface area contributed by atoms with E-state index in [1.807, 2.05) is 25.3 Å². The molecular weight excluding hydrogens is 293 g/mol. The molecule has 2 amide bonds. The van der Waals surface area contributed by atoms with Gasteiger partial charge in [0.05, 0.1) is 11.1 Å². The van der Waals surface area contributed by atoms with Crippen LogP contribution >= 0.6 is 11.6 Å². The van der Waals surface area contributed by atoms with E-state index in [1.165, 1.54) is 18.2 Å². The van der Waals surface area contributed by atoms with E-state index in [0.717, 1.165) is 12.2 Å². The number of urea groups is 1. The van der Waals surface area contributed by atoms with Gasteiger partial charge >= 0.3 is 6.03 Å². The SMILES string of the molecule is C[C@H]1c2cccn2CCN1C(=O)Nc1ccc(F)c(Cl)c1. The molecule has 0 fully saturated rings. The van der Waals surface area contributed by atoms with E-state index in [-0.39, 0.29) is 17.1 Å². The minimum absolute atomic E-state index is 0.00614.